The van der Waals surface area contributed by atoms with Crippen LogP contribution in [-0.2, 0) is 0 Å². The molecule has 0 aliphatic carbocycles. The van der Waals surface area contributed by atoms with Gasteiger partial charge in [-0.3, -0.25) is 0 Å². The Morgan fingerprint density at radius 2 is 2.24 bits per heavy atom. The van der Waals surface area contributed by atoms with Crippen molar-refractivity contribution < 1.29 is 0 Å². The molecule has 0 fully saturated rings. The average Bonchev–Trinajstić information content (AvgIpc) is 2.92. The minimum atomic E-state index is -0.0730. The van der Waals surface area contributed by atoms with E-state index in [9.17, 15) is 0 Å². The summed E-state index contributed by atoms with van der Waals surface area (Å²) in [6.45, 7) is 2.67. The molecule has 1 aliphatic rings. The van der Waals surface area contributed by atoms with Crippen LogP contribution in [0.25, 0.3) is 0 Å². The number of hydrogen-bond donors (Lipinski definition) is 1. The Morgan fingerprint density at radius 3 is 3.00 bits per heavy atom. The lowest BCUT2D eigenvalue weighted by molar-refractivity contribution is 0.755. The van der Waals surface area contributed by atoms with E-state index in [0.29, 0.717) is 10.0 Å². The zero-order valence-corrected chi connectivity index (χ0v) is 17.3. The Bertz CT molecular complexity index is 840. The molecule has 1 aromatic carbocycles. The molecular formula is C17H15BrCl2N4S. The maximum absolute atomic E-state index is 6.40. The Morgan fingerprint density at radius 1 is 1.44 bits per heavy atom. The molecular weight excluding hydrogens is 443 g/mol. The predicted octanol–water partition coefficient (Wildman–Crippen LogP) is 5.58. The SMILES string of the molecule is C#CCCCN1c2nc(C)ncc2NC1Sc1c(Br)ccc(Cl)c1Cl. The number of aryl methyl sites for hydroxylation is 1. The van der Waals surface area contributed by atoms with Gasteiger partial charge >= 0.3 is 0 Å². The largest absolute Gasteiger partial charge is 0.352 e. The quantitative estimate of drug-likeness (QED) is 0.360. The molecule has 4 nitrogen and oxygen atoms in total. The number of nitrogens with one attached hydrogen (secondary N) is 1. The van der Waals surface area contributed by atoms with Gasteiger partial charge in [-0.15, -0.1) is 12.3 Å². The maximum atomic E-state index is 6.40. The molecule has 0 saturated carbocycles. The first-order valence-electron chi connectivity index (χ1n) is 7.61. The first-order valence-corrected chi connectivity index (χ1v) is 10.0. The average molecular weight is 458 g/mol. The number of hydrogen-bond acceptors (Lipinski definition) is 5. The predicted molar refractivity (Wildman–Crippen MR) is 110 cm³/mol. The van der Waals surface area contributed by atoms with Gasteiger partial charge in [0.25, 0.3) is 0 Å². The molecule has 130 valence electrons. The second kappa shape index (κ2) is 8.05. The fourth-order valence-corrected chi connectivity index (χ4v) is 4.87. The number of unbranched alkanes of at least 4 members (excludes halogenated alkanes) is 1. The van der Waals surface area contributed by atoms with Gasteiger partial charge in [0.15, 0.2) is 11.3 Å². The highest BCUT2D eigenvalue weighted by atomic mass is 79.9. The van der Waals surface area contributed by atoms with E-state index in [2.05, 4.69) is 42.0 Å². The van der Waals surface area contributed by atoms with E-state index in [4.69, 9.17) is 29.6 Å². The van der Waals surface area contributed by atoms with E-state index in [1.807, 2.05) is 13.0 Å². The van der Waals surface area contributed by atoms with Crippen molar-refractivity contribution in [3.63, 3.8) is 0 Å². The van der Waals surface area contributed by atoms with Crippen molar-refractivity contribution in [2.75, 3.05) is 16.8 Å². The number of rotatable bonds is 5. The van der Waals surface area contributed by atoms with Crippen LogP contribution in [0.2, 0.25) is 10.0 Å². The molecule has 0 saturated heterocycles. The summed E-state index contributed by atoms with van der Waals surface area (Å²) < 4.78 is 0.899. The number of anilines is 2. The van der Waals surface area contributed by atoms with Crippen LogP contribution < -0.4 is 10.2 Å². The summed E-state index contributed by atoms with van der Waals surface area (Å²) in [5, 5.41) is 4.51. The number of benzene rings is 1. The Hall–Kier alpha value is -1.13. The molecule has 1 aromatic heterocycles. The van der Waals surface area contributed by atoms with Crippen LogP contribution in [-0.4, -0.2) is 22.0 Å². The van der Waals surface area contributed by atoms with Gasteiger partial charge in [-0.05, 0) is 41.4 Å². The first-order chi connectivity index (χ1) is 12.0. The molecule has 0 bridgehead atoms. The number of fused-ring (bicyclic) bond motifs is 1. The zero-order chi connectivity index (χ0) is 18.0. The molecule has 0 spiro atoms. The molecule has 8 heteroatoms. The zero-order valence-electron chi connectivity index (χ0n) is 13.4. The third-order valence-electron chi connectivity index (χ3n) is 3.67. The van der Waals surface area contributed by atoms with Crippen LogP contribution in [0.1, 0.15) is 18.7 Å². The smallest absolute Gasteiger partial charge is 0.158 e. The Balaban J connectivity index is 1.90. The van der Waals surface area contributed by atoms with Crippen LogP contribution in [0.4, 0.5) is 11.5 Å². The van der Waals surface area contributed by atoms with Crippen molar-refractivity contribution in [2.24, 2.45) is 0 Å². The molecule has 25 heavy (non-hydrogen) atoms. The minimum Gasteiger partial charge on any atom is -0.352 e. The van der Waals surface area contributed by atoms with Crippen molar-refractivity contribution in [1.29, 1.82) is 0 Å². The Kier molecular flexibility index (Phi) is 6.00. The number of aromatic nitrogens is 2. The van der Waals surface area contributed by atoms with Gasteiger partial charge < -0.3 is 10.2 Å². The third kappa shape index (κ3) is 4.01. The van der Waals surface area contributed by atoms with Gasteiger partial charge in [0.1, 0.15) is 5.82 Å². The van der Waals surface area contributed by atoms with Crippen molar-refractivity contribution in [2.45, 2.75) is 30.2 Å². The van der Waals surface area contributed by atoms with Gasteiger partial charge in [-0.25, -0.2) is 9.97 Å². The number of halogens is 3. The summed E-state index contributed by atoms with van der Waals surface area (Å²) in [6, 6.07) is 3.67. The highest BCUT2D eigenvalue weighted by molar-refractivity contribution is 9.10. The summed E-state index contributed by atoms with van der Waals surface area (Å²) >= 11 is 17.7. The van der Waals surface area contributed by atoms with Crippen molar-refractivity contribution in [3.05, 3.63) is 38.7 Å². The molecule has 3 rings (SSSR count). The fourth-order valence-electron chi connectivity index (χ4n) is 2.50. The molecule has 0 amide bonds. The fraction of sp³-hybridized carbons (Fsp3) is 0.294. The Labute approximate surface area is 169 Å². The summed E-state index contributed by atoms with van der Waals surface area (Å²) in [4.78, 5) is 11.9. The van der Waals surface area contributed by atoms with E-state index in [1.165, 1.54) is 0 Å². The van der Waals surface area contributed by atoms with Gasteiger partial charge in [0, 0.05) is 22.3 Å². The summed E-state index contributed by atoms with van der Waals surface area (Å²) in [5.74, 6) is 4.30. The lowest BCUT2D eigenvalue weighted by Crippen LogP contribution is -2.34. The first kappa shape index (κ1) is 18.7. The molecule has 0 radical (unpaired) electrons. The standard InChI is InChI=1S/C17H15BrCl2N4S/c1-3-4-5-8-24-16-13(9-21-10(2)22-16)23-17(24)25-15-11(18)6-7-12(19)14(15)20/h1,6-7,9,17,23H,4-5,8H2,2H3. The van der Waals surface area contributed by atoms with E-state index in [0.717, 1.165) is 46.1 Å². The van der Waals surface area contributed by atoms with Crippen LogP contribution in [0.5, 0.6) is 0 Å². The molecule has 1 N–H and O–H groups in total. The van der Waals surface area contributed by atoms with E-state index >= 15 is 0 Å². The van der Waals surface area contributed by atoms with Crippen molar-refractivity contribution >= 4 is 62.4 Å². The highest BCUT2D eigenvalue weighted by Gasteiger charge is 2.32. The van der Waals surface area contributed by atoms with Crippen LogP contribution in [0, 0.1) is 19.3 Å². The summed E-state index contributed by atoms with van der Waals surface area (Å²) in [7, 11) is 0. The number of thioether (sulfide) groups is 1. The van der Waals surface area contributed by atoms with E-state index in [-0.39, 0.29) is 5.50 Å². The summed E-state index contributed by atoms with van der Waals surface area (Å²) in [6.07, 6.45) is 8.79. The second-order valence-corrected chi connectivity index (χ2v) is 8.17. The van der Waals surface area contributed by atoms with E-state index in [1.54, 1.807) is 24.0 Å². The summed E-state index contributed by atoms with van der Waals surface area (Å²) in [5.41, 5.74) is 0.828. The number of terminal acetylenes is 1. The molecule has 2 heterocycles. The van der Waals surface area contributed by atoms with Crippen LogP contribution in [0.3, 0.4) is 0 Å². The molecule has 2 aromatic rings. The minimum absolute atomic E-state index is 0.0730. The lowest BCUT2D eigenvalue weighted by Gasteiger charge is -2.26. The topological polar surface area (TPSA) is 41.1 Å². The maximum Gasteiger partial charge on any atom is 0.158 e. The van der Waals surface area contributed by atoms with Crippen LogP contribution >= 0.6 is 50.9 Å². The van der Waals surface area contributed by atoms with Gasteiger partial charge in [-0.1, -0.05) is 35.0 Å². The van der Waals surface area contributed by atoms with Gasteiger partial charge in [0.05, 0.1) is 21.9 Å². The molecule has 1 aliphatic heterocycles. The third-order valence-corrected chi connectivity index (χ3v) is 6.77. The molecule has 1 unspecified atom stereocenters. The monoisotopic (exact) mass is 456 g/mol. The van der Waals surface area contributed by atoms with Crippen LogP contribution in [0.15, 0.2) is 27.7 Å². The molecule has 1 atom stereocenters. The highest BCUT2D eigenvalue weighted by Crippen LogP contribution is 2.45. The van der Waals surface area contributed by atoms with Gasteiger partial charge in [0.2, 0.25) is 0 Å². The van der Waals surface area contributed by atoms with E-state index < -0.39 is 0 Å². The second-order valence-electron chi connectivity index (χ2n) is 5.44. The lowest BCUT2D eigenvalue weighted by atomic mass is 10.3. The van der Waals surface area contributed by atoms with Gasteiger partial charge in [-0.2, -0.15) is 0 Å². The normalized spacial score (nSPS) is 15.6. The van der Waals surface area contributed by atoms with Crippen molar-refractivity contribution in [3.8, 4) is 12.3 Å². The number of nitrogens with zero attached hydrogens (tertiary/aromatic N) is 3. The van der Waals surface area contributed by atoms with Crippen molar-refractivity contribution in [1.82, 2.24) is 9.97 Å².